The summed E-state index contributed by atoms with van der Waals surface area (Å²) < 4.78 is 6.79. The van der Waals surface area contributed by atoms with E-state index in [0.29, 0.717) is 17.5 Å². The Morgan fingerprint density at radius 1 is 0.320 bits per heavy atom. The van der Waals surface area contributed by atoms with Crippen molar-refractivity contribution in [1.29, 1.82) is 0 Å². The maximum absolute atomic E-state index is 6.79. The van der Waals surface area contributed by atoms with Crippen LogP contribution >= 0.6 is 0 Å². The van der Waals surface area contributed by atoms with Crippen LogP contribution in [0.3, 0.4) is 0 Å². The molecule has 0 saturated carbocycles. The molecule has 0 amide bonds. The summed E-state index contributed by atoms with van der Waals surface area (Å²) in [4.78, 5) is 15.3. The molecule has 0 atom stereocenters. The van der Waals surface area contributed by atoms with Gasteiger partial charge in [0.25, 0.3) is 0 Å². The zero-order valence-electron chi connectivity index (χ0n) is 27.0. The lowest BCUT2D eigenvalue weighted by molar-refractivity contribution is 0.436. The Hall–Kier alpha value is -6.65. The number of rotatable bonds is 4. The molecular weight excluding hydrogens is 611 g/mol. The number of hydrogen-bond acceptors (Lipinski definition) is 4. The molecule has 0 radical (unpaired) electrons. The van der Waals surface area contributed by atoms with Gasteiger partial charge in [-0.3, -0.25) is 0 Å². The number of nitrogens with zero attached hydrogens (tertiary/aromatic N) is 3. The molecular formula is C46H29N3O. The molecule has 4 heteroatoms. The first-order valence-electron chi connectivity index (χ1n) is 16.9. The van der Waals surface area contributed by atoms with E-state index < -0.39 is 5.41 Å². The molecule has 8 aromatic rings. The van der Waals surface area contributed by atoms with Crippen LogP contribution in [0.15, 0.2) is 176 Å². The standard InChI is InChI=1S/C46H29N3O/c1-3-15-30(16-4-1)33-19-7-8-22-36(33)45-48-43(31-17-5-2-6-18-31)47-44(49-45)32-27-28-40-42(29-32)50-41-26-14-13-25-39(41)46(40)37-23-11-9-20-34(37)35-21-10-12-24-38(35)46/h1-29H. The van der Waals surface area contributed by atoms with Gasteiger partial charge in [-0.1, -0.05) is 164 Å². The third-order valence-corrected chi connectivity index (χ3v) is 10.0. The van der Waals surface area contributed by atoms with Crippen molar-refractivity contribution in [1.82, 2.24) is 15.0 Å². The number of ether oxygens (including phenoxy) is 1. The van der Waals surface area contributed by atoms with Crippen LogP contribution in [0, 0.1) is 0 Å². The lowest BCUT2D eigenvalue weighted by atomic mass is 9.66. The summed E-state index contributed by atoms with van der Waals surface area (Å²) >= 11 is 0. The monoisotopic (exact) mass is 639 g/mol. The second-order valence-electron chi connectivity index (χ2n) is 12.7. The van der Waals surface area contributed by atoms with Gasteiger partial charge in [-0.25, -0.2) is 15.0 Å². The number of hydrogen-bond donors (Lipinski definition) is 0. The van der Waals surface area contributed by atoms with Gasteiger partial charge in [0.05, 0.1) is 5.41 Å². The Balaban J connectivity index is 1.20. The van der Waals surface area contributed by atoms with E-state index in [9.17, 15) is 0 Å². The average Bonchev–Trinajstić information content (AvgIpc) is 3.49. The molecule has 234 valence electrons. The predicted molar refractivity (Wildman–Crippen MR) is 199 cm³/mol. The fourth-order valence-corrected chi connectivity index (χ4v) is 7.89. The highest BCUT2D eigenvalue weighted by Gasteiger charge is 2.50. The highest BCUT2D eigenvalue weighted by Crippen LogP contribution is 2.62. The van der Waals surface area contributed by atoms with Crippen molar-refractivity contribution in [2.45, 2.75) is 5.41 Å². The lowest BCUT2D eigenvalue weighted by Gasteiger charge is -2.39. The summed E-state index contributed by atoms with van der Waals surface area (Å²) in [7, 11) is 0. The molecule has 0 bridgehead atoms. The lowest BCUT2D eigenvalue weighted by Crippen LogP contribution is -2.32. The van der Waals surface area contributed by atoms with Gasteiger partial charge < -0.3 is 4.74 Å². The van der Waals surface area contributed by atoms with Crippen LogP contribution in [-0.2, 0) is 5.41 Å². The second-order valence-corrected chi connectivity index (χ2v) is 12.7. The van der Waals surface area contributed by atoms with Crippen LogP contribution in [0.2, 0.25) is 0 Å². The maximum atomic E-state index is 6.79. The normalized spacial score (nSPS) is 13.1. The van der Waals surface area contributed by atoms with E-state index in [1.54, 1.807) is 0 Å². The van der Waals surface area contributed by atoms with Gasteiger partial charge >= 0.3 is 0 Å². The minimum absolute atomic E-state index is 0.524. The first-order valence-corrected chi connectivity index (χ1v) is 16.9. The quantitative estimate of drug-likeness (QED) is 0.192. The summed E-state index contributed by atoms with van der Waals surface area (Å²) in [5.74, 6) is 3.46. The summed E-state index contributed by atoms with van der Waals surface area (Å²) in [6.07, 6.45) is 0. The van der Waals surface area contributed by atoms with Gasteiger partial charge in [-0.05, 0) is 45.5 Å². The summed E-state index contributed by atoms with van der Waals surface area (Å²) in [5.41, 5.74) is 11.6. The SMILES string of the molecule is c1ccc(-c2nc(-c3ccc4c(c3)Oc3ccccc3C43c4ccccc4-c4ccccc43)nc(-c3ccccc3-c3ccccc3)n2)cc1. The van der Waals surface area contributed by atoms with Crippen molar-refractivity contribution in [3.63, 3.8) is 0 Å². The molecule has 0 fully saturated rings. The molecule has 4 nitrogen and oxygen atoms in total. The maximum Gasteiger partial charge on any atom is 0.164 e. The Morgan fingerprint density at radius 2 is 0.800 bits per heavy atom. The molecule has 1 aromatic heterocycles. The Kier molecular flexibility index (Phi) is 6.36. The van der Waals surface area contributed by atoms with E-state index in [2.05, 4.69) is 127 Å². The van der Waals surface area contributed by atoms with E-state index in [-0.39, 0.29) is 0 Å². The third-order valence-electron chi connectivity index (χ3n) is 10.0. The smallest absolute Gasteiger partial charge is 0.164 e. The van der Waals surface area contributed by atoms with Gasteiger partial charge in [0.15, 0.2) is 17.5 Å². The zero-order chi connectivity index (χ0) is 33.1. The van der Waals surface area contributed by atoms with Crippen molar-refractivity contribution in [2.75, 3.05) is 0 Å². The van der Waals surface area contributed by atoms with Crippen LogP contribution in [0.1, 0.15) is 22.3 Å². The van der Waals surface area contributed by atoms with E-state index in [0.717, 1.165) is 50.4 Å². The molecule has 1 spiro atoms. The van der Waals surface area contributed by atoms with Crippen LogP contribution < -0.4 is 4.74 Å². The summed E-state index contributed by atoms with van der Waals surface area (Å²) in [6.45, 7) is 0. The van der Waals surface area contributed by atoms with Gasteiger partial charge in [-0.2, -0.15) is 0 Å². The van der Waals surface area contributed by atoms with E-state index in [1.165, 1.54) is 22.3 Å². The molecule has 50 heavy (non-hydrogen) atoms. The van der Waals surface area contributed by atoms with Crippen molar-refractivity contribution >= 4 is 0 Å². The topological polar surface area (TPSA) is 47.9 Å². The molecule has 1 aliphatic heterocycles. The predicted octanol–water partition coefficient (Wildman–Crippen LogP) is 11.0. The molecule has 0 N–H and O–H groups in total. The minimum Gasteiger partial charge on any atom is -0.457 e. The second kappa shape index (κ2) is 11.2. The Bertz CT molecular complexity index is 2530. The van der Waals surface area contributed by atoms with Crippen LogP contribution in [-0.4, -0.2) is 15.0 Å². The van der Waals surface area contributed by atoms with Gasteiger partial charge in [0.1, 0.15) is 11.5 Å². The van der Waals surface area contributed by atoms with Crippen LogP contribution in [0.5, 0.6) is 11.5 Å². The van der Waals surface area contributed by atoms with E-state index >= 15 is 0 Å². The number of fused-ring (bicyclic) bond motifs is 9. The third kappa shape index (κ3) is 4.22. The van der Waals surface area contributed by atoms with Crippen molar-refractivity contribution in [3.05, 3.63) is 198 Å². The zero-order valence-corrected chi connectivity index (χ0v) is 27.0. The highest BCUT2D eigenvalue weighted by molar-refractivity contribution is 5.89. The van der Waals surface area contributed by atoms with Gasteiger partial charge in [-0.15, -0.1) is 0 Å². The molecule has 7 aromatic carbocycles. The van der Waals surface area contributed by atoms with E-state index in [1.807, 2.05) is 48.5 Å². The minimum atomic E-state index is -0.524. The Morgan fingerprint density at radius 3 is 1.48 bits per heavy atom. The van der Waals surface area contributed by atoms with Crippen molar-refractivity contribution < 1.29 is 4.74 Å². The largest absolute Gasteiger partial charge is 0.457 e. The summed E-state index contributed by atoms with van der Waals surface area (Å²) in [5, 5.41) is 0. The van der Waals surface area contributed by atoms with Gasteiger partial charge in [0, 0.05) is 27.8 Å². The fraction of sp³-hybridized carbons (Fsp3) is 0.0217. The molecule has 0 saturated heterocycles. The molecule has 2 heterocycles. The first-order chi connectivity index (χ1) is 24.8. The highest BCUT2D eigenvalue weighted by atomic mass is 16.5. The van der Waals surface area contributed by atoms with E-state index in [4.69, 9.17) is 19.7 Å². The van der Waals surface area contributed by atoms with Crippen LogP contribution in [0.4, 0.5) is 0 Å². The molecule has 10 rings (SSSR count). The van der Waals surface area contributed by atoms with Gasteiger partial charge in [0.2, 0.25) is 0 Å². The molecule has 1 aliphatic carbocycles. The van der Waals surface area contributed by atoms with Crippen molar-refractivity contribution in [3.8, 4) is 67.9 Å². The number of benzene rings is 7. The number of para-hydroxylation sites is 1. The van der Waals surface area contributed by atoms with Crippen molar-refractivity contribution in [2.24, 2.45) is 0 Å². The van der Waals surface area contributed by atoms with Crippen LogP contribution in [0.25, 0.3) is 56.4 Å². The Labute approximate surface area is 290 Å². The molecule has 2 aliphatic rings. The average molecular weight is 640 g/mol. The fourth-order valence-electron chi connectivity index (χ4n) is 7.89. The number of aromatic nitrogens is 3. The first kappa shape index (κ1) is 28.4. The molecule has 0 unspecified atom stereocenters. The summed E-state index contributed by atoms with van der Waals surface area (Å²) in [6, 6.07) is 61.2.